The van der Waals surface area contributed by atoms with Gasteiger partial charge in [-0.25, -0.2) is 9.97 Å². The van der Waals surface area contributed by atoms with Crippen LogP contribution in [0.3, 0.4) is 0 Å². The van der Waals surface area contributed by atoms with Gasteiger partial charge in [0.2, 0.25) is 5.82 Å². The lowest BCUT2D eigenvalue weighted by Gasteiger charge is -2.14. The Morgan fingerprint density at radius 1 is 0.970 bits per heavy atom. The van der Waals surface area contributed by atoms with Crippen LogP contribution in [0.5, 0.6) is 0 Å². The van der Waals surface area contributed by atoms with Crippen molar-refractivity contribution in [3.8, 4) is 0 Å². The van der Waals surface area contributed by atoms with Gasteiger partial charge in [0.25, 0.3) is 5.91 Å². The topological polar surface area (TPSA) is 122 Å². The summed E-state index contributed by atoms with van der Waals surface area (Å²) in [5.41, 5.74) is 8.59. The van der Waals surface area contributed by atoms with Crippen LogP contribution in [-0.4, -0.2) is 32.6 Å². The molecular weight excluding hydrogens is 438 g/mol. The van der Waals surface area contributed by atoms with Gasteiger partial charge in [0.05, 0.1) is 11.0 Å². The third-order valence-electron chi connectivity index (χ3n) is 5.28. The Morgan fingerprint density at radius 2 is 1.76 bits per heavy atom. The van der Waals surface area contributed by atoms with Gasteiger partial charge in [-0.1, -0.05) is 54.1 Å². The van der Waals surface area contributed by atoms with E-state index in [0.29, 0.717) is 27.6 Å². The number of benzene rings is 3. The molecule has 5 N–H and O–H groups in total. The molecule has 5 rings (SSSR count). The Labute approximate surface area is 194 Å². The number of nitrogens with two attached hydrogens (primary N) is 1. The van der Waals surface area contributed by atoms with Crippen molar-refractivity contribution >= 4 is 50.9 Å². The number of aromatic amines is 1. The number of nitrogens with one attached hydrogen (secondary N) is 3. The van der Waals surface area contributed by atoms with Crippen molar-refractivity contribution in [3.05, 3.63) is 89.2 Å². The number of aromatic nitrogens is 4. The number of fused-ring (bicyclic) bond motifs is 2. The number of halogens is 1. The molecule has 164 valence electrons. The van der Waals surface area contributed by atoms with Crippen molar-refractivity contribution in [2.24, 2.45) is 5.73 Å². The quantitative estimate of drug-likeness (QED) is 0.301. The highest BCUT2D eigenvalue weighted by atomic mass is 35.5. The van der Waals surface area contributed by atoms with Crippen LogP contribution in [0.25, 0.3) is 21.8 Å². The molecule has 0 aliphatic rings. The van der Waals surface area contributed by atoms with Crippen molar-refractivity contribution in [1.82, 2.24) is 25.5 Å². The van der Waals surface area contributed by atoms with Gasteiger partial charge in [0, 0.05) is 28.4 Å². The highest BCUT2D eigenvalue weighted by molar-refractivity contribution is 6.31. The molecule has 8 nitrogen and oxygen atoms in total. The lowest BCUT2D eigenvalue weighted by atomic mass is 10.1. The molecule has 0 spiro atoms. The Kier molecular flexibility index (Phi) is 5.60. The van der Waals surface area contributed by atoms with Gasteiger partial charge in [0.1, 0.15) is 5.82 Å². The summed E-state index contributed by atoms with van der Waals surface area (Å²) in [6.07, 6.45) is 0. The van der Waals surface area contributed by atoms with Gasteiger partial charge >= 0.3 is 0 Å². The first-order valence-corrected chi connectivity index (χ1v) is 10.7. The maximum absolute atomic E-state index is 12.9. The maximum atomic E-state index is 12.9. The summed E-state index contributed by atoms with van der Waals surface area (Å²) < 4.78 is 0. The Balaban J connectivity index is 1.46. The molecule has 0 bridgehead atoms. The zero-order valence-electron chi connectivity index (χ0n) is 17.4. The molecule has 0 unspecified atom stereocenters. The SMILES string of the molecule is N[C@@H](CNC(=O)c1nc(Nc2n[nH]c3ccccc23)c2cc(Cl)ccc2n1)c1ccccc1. The molecule has 3 aromatic carbocycles. The maximum Gasteiger partial charge on any atom is 0.289 e. The Hall–Kier alpha value is -4.01. The van der Waals surface area contributed by atoms with E-state index >= 15 is 0 Å². The molecule has 0 fully saturated rings. The molecule has 2 aromatic heterocycles. The summed E-state index contributed by atoms with van der Waals surface area (Å²) in [7, 11) is 0. The van der Waals surface area contributed by atoms with Gasteiger partial charge < -0.3 is 16.4 Å². The van der Waals surface area contributed by atoms with Crippen LogP contribution < -0.4 is 16.4 Å². The molecule has 0 aliphatic carbocycles. The van der Waals surface area contributed by atoms with Crippen LogP contribution in [0, 0.1) is 0 Å². The first-order chi connectivity index (χ1) is 16.1. The minimum Gasteiger partial charge on any atom is -0.347 e. The second kappa shape index (κ2) is 8.85. The molecule has 1 amide bonds. The average molecular weight is 458 g/mol. The van der Waals surface area contributed by atoms with Gasteiger partial charge in [-0.15, -0.1) is 0 Å². The van der Waals surface area contributed by atoms with Crippen molar-refractivity contribution in [2.75, 3.05) is 11.9 Å². The zero-order valence-corrected chi connectivity index (χ0v) is 18.2. The predicted octanol–water partition coefficient (Wildman–Crippen LogP) is 4.33. The minimum absolute atomic E-state index is 0.0208. The minimum atomic E-state index is -0.423. The molecular formula is C24H20ClN7O. The number of rotatable bonds is 6. The zero-order chi connectivity index (χ0) is 22.8. The van der Waals surface area contributed by atoms with Crippen molar-refractivity contribution < 1.29 is 4.79 Å². The highest BCUT2D eigenvalue weighted by Gasteiger charge is 2.17. The van der Waals surface area contributed by atoms with Crippen molar-refractivity contribution in [2.45, 2.75) is 6.04 Å². The molecule has 9 heteroatoms. The predicted molar refractivity (Wildman–Crippen MR) is 130 cm³/mol. The van der Waals surface area contributed by atoms with Crippen LogP contribution >= 0.6 is 11.6 Å². The Morgan fingerprint density at radius 3 is 2.61 bits per heavy atom. The molecule has 5 aromatic rings. The van der Waals surface area contributed by atoms with E-state index in [1.54, 1.807) is 18.2 Å². The van der Waals surface area contributed by atoms with Crippen LogP contribution in [0.4, 0.5) is 11.6 Å². The second-order valence-corrected chi connectivity index (χ2v) is 7.96. The van der Waals surface area contributed by atoms with Crippen LogP contribution in [0.2, 0.25) is 5.02 Å². The summed E-state index contributed by atoms with van der Waals surface area (Å²) in [6.45, 7) is 0.248. The number of carbonyl (C=O) groups excluding carboxylic acids is 1. The normalized spacial score (nSPS) is 12.1. The number of amides is 1. The van der Waals surface area contributed by atoms with E-state index in [1.807, 2.05) is 54.6 Å². The van der Waals surface area contributed by atoms with E-state index in [0.717, 1.165) is 16.5 Å². The second-order valence-electron chi connectivity index (χ2n) is 7.53. The fourth-order valence-electron chi connectivity index (χ4n) is 3.57. The average Bonchev–Trinajstić information content (AvgIpc) is 3.25. The number of hydrogen-bond acceptors (Lipinski definition) is 6. The molecule has 0 radical (unpaired) electrons. The summed E-state index contributed by atoms with van der Waals surface area (Å²) in [4.78, 5) is 21.8. The summed E-state index contributed by atoms with van der Waals surface area (Å²) in [6, 6.07) is 22.2. The van der Waals surface area contributed by atoms with E-state index < -0.39 is 5.91 Å². The third kappa shape index (κ3) is 4.34. The summed E-state index contributed by atoms with van der Waals surface area (Å²) in [5.74, 6) is 0.612. The molecule has 0 saturated heterocycles. The number of hydrogen-bond donors (Lipinski definition) is 4. The van der Waals surface area contributed by atoms with Gasteiger partial charge in [0.15, 0.2) is 5.82 Å². The van der Waals surface area contributed by atoms with Gasteiger partial charge in [-0.05, 0) is 35.9 Å². The van der Waals surface area contributed by atoms with E-state index in [1.165, 1.54) is 0 Å². The van der Waals surface area contributed by atoms with Crippen molar-refractivity contribution in [3.63, 3.8) is 0 Å². The number of nitrogens with zero attached hydrogens (tertiary/aromatic N) is 3. The largest absolute Gasteiger partial charge is 0.347 e. The van der Waals surface area contributed by atoms with Crippen molar-refractivity contribution in [1.29, 1.82) is 0 Å². The molecule has 33 heavy (non-hydrogen) atoms. The monoisotopic (exact) mass is 457 g/mol. The van der Waals surface area contributed by atoms with Crippen LogP contribution in [-0.2, 0) is 0 Å². The van der Waals surface area contributed by atoms with E-state index in [9.17, 15) is 4.79 Å². The highest BCUT2D eigenvalue weighted by Crippen LogP contribution is 2.29. The molecule has 0 saturated carbocycles. The van der Waals surface area contributed by atoms with Gasteiger partial charge in [-0.2, -0.15) is 5.10 Å². The fourth-order valence-corrected chi connectivity index (χ4v) is 3.74. The van der Waals surface area contributed by atoms with Gasteiger partial charge in [-0.3, -0.25) is 9.89 Å². The number of carbonyl (C=O) groups is 1. The van der Waals surface area contributed by atoms with Crippen LogP contribution in [0.1, 0.15) is 22.2 Å². The fraction of sp³-hybridized carbons (Fsp3) is 0.0833. The summed E-state index contributed by atoms with van der Waals surface area (Å²) in [5, 5.41) is 15.5. The third-order valence-corrected chi connectivity index (χ3v) is 5.51. The molecule has 0 aliphatic heterocycles. The first-order valence-electron chi connectivity index (χ1n) is 10.3. The van der Waals surface area contributed by atoms with E-state index in [4.69, 9.17) is 17.3 Å². The lowest BCUT2D eigenvalue weighted by molar-refractivity contribution is 0.0941. The lowest BCUT2D eigenvalue weighted by Crippen LogP contribution is -2.33. The smallest absolute Gasteiger partial charge is 0.289 e. The molecule has 1 atom stereocenters. The standard InChI is InChI=1S/C24H20ClN7O/c25-15-10-11-19-17(12-15)21(29-22-16-8-4-5-9-20(16)31-32-22)30-23(28-19)24(33)27-13-18(26)14-6-2-1-3-7-14/h1-12,18H,13,26H2,(H,27,33)(H2,28,29,30,31,32)/t18-/m0/s1. The molecule has 2 heterocycles. The van der Waals surface area contributed by atoms with Crippen LogP contribution in [0.15, 0.2) is 72.8 Å². The van der Waals surface area contributed by atoms with E-state index in [2.05, 4.69) is 30.8 Å². The number of para-hydroxylation sites is 1. The first kappa shape index (κ1) is 20.9. The summed E-state index contributed by atoms with van der Waals surface area (Å²) >= 11 is 6.21. The number of H-pyrrole nitrogens is 1. The van der Waals surface area contributed by atoms with E-state index in [-0.39, 0.29) is 18.4 Å². The Bertz CT molecular complexity index is 1450. The number of anilines is 2.